The highest BCUT2D eigenvalue weighted by molar-refractivity contribution is 6.09. The van der Waals surface area contributed by atoms with Crippen LogP contribution in [-0.2, 0) is 5.41 Å². The van der Waals surface area contributed by atoms with Gasteiger partial charge in [0.15, 0.2) is 0 Å². The van der Waals surface area contributed by atoms with Crippen molar-refractivity contribution in [2.45, 2.75) is 12.3 Å². The number of para-hydroxylation sites is 2. The summed E-state index contributed by atoms with van der Waals surface area (Å²) >= 11 is 0. The van der Waals surface area contributed by atoms with Crippen molar-refractivity contribution in [1.29, 1.82) is 0 Å². The van der Waals surface area contributed by atoms with Crippen LogP contribution in [-0.4, -0.2) is 0 Å². The van der Waals surface area contributed by atoms with Gasteiger partial charge in [-0.3, -0.25) is 0 Å². The molecule has 0 aliphatic heterocycles. The number of fused-ring (bicyclic) bond motifs is 6. The fraction of sp³-hybridized carbons (Fsp3) is 0.0455. The standard InChI is InChI=1S/C44H31NO/c1-44(38-19-10-8-17-35(38)36-18-9-11-20-39(36)44)40-21-12-22-41-43(40)37-28-25-31(29-42(37)46-41)30-23-26-34(27-24-30)45(32-13-4-2-5-14-32)33-15-6-3-7-16-33/h2-29H,1H3. The van der Waals surface area contributed by atoms with E-state index in [1.165, 1.54) is 33.2 Å². The topological polar surface area (TPSA) is 16.4 Å². The van der Waals surface area contributed by atoms with Crippen LogP contribution in [0.2, 0.25) is 0 Å². The van der Waals surface area contributed by atoms with Crippen molar-refractivity contribution in [3.05, 3.63) is 187 Å². The van der Waals surface area contributed by atoms with Crippen molar-refractivity contribution < 1.29 is 4.42 Å². The van der Waals surface area contributed by atoms with Gasteiger partial charge in [0, 0.05) is 33.2 Å². The van der Waals surface area contributed by atoms with Crippen molar-refractivity contribution in [3.8, 4) is 22.3 Å². The minimum absolute atomic E-state index is 0.290. The molecule has 2 nitrogen and oxygen atoms in total. The van der Waals surface area contributed by atoms with Crippen LogP contribution in [0.25, 0.3) is 44.2 Å². The number of hydrogen-bond acceptors (Lipinski definition) is 2. The molecule has 0 atom stereocenters. The van der Waals surface area contributed by atoms with Crippen LogP contribution < -0.4 is 4.90 Å². The Hall–Kier alpha value is -5.86. The zero-order valence-corrected chi connectivity index (χ0v) is 25.5. The highest BCUT2D eigenvalue weighted by Gasteiger charge is 2.41. The largest absolute Gasteiger partial charge is 0.456 e. The molecule has 0 bridgehead atoms. The van der Waals surface area contributed by atoms with Crippen LogP contribution >= 0.6 is 0 Å². The Morgan fingerprint density at radius 3 is 1.59 bits per heavy atom. The lowest BCUT2D eigenvalue weighted by Gasteiger charge is -2.29. The van der Waals surface area contributed by atoms with E-state index in [0.717, 1.165) is 44.7 Å². The first-order valence-corrected chi connectivity index (χ1v) is 15.9. The zero-order valence-electron chi connectivity index (χ0n) is 25.5. The number of anilines is 3. The van der Waals surface area contributed by atoms with Crippen molar-refractivity contribution in [1.82, 2.24) is 0 Å². The second kappa shape index (κ2) is 10.4. The maximum atomic E-state index is 6.61. The van der Waals surface area contributed by atoms with Gasteiger partial charge in [-0.05, 0) is 100 Å². The Bertz CT molecular complexity index is 2280. The van der Waals surface area contributed by atoms with Crippen molar-refractivity contribution in [3.63, 3.8) is 0 Å². The van der Waals surface area contributed by atoms with Crippen LogP contribution in [0.5, 0.6) is 0 Å². The molecule has 218 valence electrons. The van der Waals surface area contributed by atoms with E-state index in [-0.39, 0.29) is 5.41 Å². The van der Waals surface area contributed by atoms with Crippen molar-refractivity contribution in [2.24, 2.45) is 0 Å². The minimum Gasteiger partial charge on any atom is -0.456 e. The van der Waals surface area contributed by atoms with Crippen LogP contribution in [0, 0.1) is 0 Å². The summed E-state index contributed by atoms with van der Waals surface area (Å²) in [4.78, 5) is 2.29. The molecule has 0 saturated heterocycles. The fourth-order valence-corrected chi connectivity index (χ4v) is 7.57. The summed E-state index contributed by atoms with van der Waals surface area (Å²) in [6.07, 6.45) is 0. The molecule has 0 amide bonds. The molecule has 0 saturated carbocycles. The predicted molar refractivity (Wildman–Crippen MR) is 191 cm³/mol. The van der Waals surface area contributed by atoms with Gasteiger partial charge in [0.1, 0.15) is 11.2 Å². The van der Waals surface area contributed by atoms with Crippen LogP contribution in [0.15, 0.2) is 174 Å². The van der Waals surface area contributed by atoms with Crippen LogP contribution in [0.4, 0.5) is 17.1 Å². The van der Waals surface area contributed by atoms with Gasteiger partial charge in [-0.2, -0.15) is 0 Å². The van der Waals surface area contributed by atoms with E-state index in [1.54, 1.807) is 0 Å². The summed E-state index contributed by atoms with van der Waals surface area (Å²) in [5, 5.41) is 2.34. The number of rotatable bonds is 5. The molecular formula is C44H31NO. The summed E-state index contributed by atoms with van der Waals surface area (Å²) in [5.41, 5.74) is 13.8. The lowest BCUT2D eigenvalue weighted by Crippen LogP contribution is -2.22. The van der Waals surface area contributed by atoms with Crippen LogP contribution in [0.1, 0.15) is 23.6 Å². The van der Waals surface area contributed by atoms with Gasteiger partial charge in [-0.25, -0.2) is 0 Å². The van der Waals surface area contributed by atoms with Gasteiger partial charge < -0.3 is 9.32 Å². The van der Waals surface area contributed by atoms with Gasteiger partial charge in [0.05, 0.1) is 0 Å². The number of furan rings is 1. The average molecular weight is 590 g/mol. The molecule has 8 aromatic rings. The zero-order chi connectivity index (χ0) is 30.7. The molecule has 46 heavy (non-hydrogen) atoms. The van der Waals surface area contributed by atoms with Gasteiger partial charge in [0.2, 0.25) is 0 Å². The van der Waals surface area contributed by atoms with Gasteiger partial charge in [0.25, 0.3) is 0 Å². The SMILES string of the molecule is CC1(c2cccc3oc4cc(-c5ccc(N(c6ccccc6)c6ccccc6)cc5)ccc4c23)c2ccccc2-c2ccccc21. The molecule has 2 heteroatoms. The lowest BCUT2D eigenvalue weighted by atomic mass is 9.73. The van der Waals surface area contributed by atoms with Crippen LogP contribution in [0.3, 0.4) is 0 Å². The molecule has 0 unspecified atom stereocenters. The van der Waals surface area contributed by atoms with Gasteiger partial charge in [-0.15, -0.1) is 0 Å². The third-order valence-electron chi connectivity index (χ3n) is 9.75. The predicted octanol–water partition coefficient (Wildman–Crippen LogP) is 12.1. The molecule has 9 rings (SSSR count). The van der Waals surface area contributed by atoms with E-state index >= 15 is 0 Å². The first-order valence-electron chi connectivity index (χ1n) is 15.9. The normalized spacial score (nSPS) is 13.1. The fourth-order valence-electron chi connectivity index (χ4n) is 7.57. The average Bonchev–Trinajstić information content (AvgIpc) is 3.63. The van der Waals surface area contributed by atoms with E-state index in [0.29, 0.717) is 0 Å². The molecule has 1 aromatic heterocycles. The maximum absolute atomic E-state index is 6.61. The first-order chi connectivity index (χ1) is 22.7. The molecular weight excluding hydrogens is 558 g/mol. The molecule has 0 spiro atoms. The van der Waals surface area contributed by atoms with Gasteiger partial charge in [-0.1, -0.05) is 115 Å². The molecule has 1 aliphatic carbocycles. The summed E-state index contributed by atoms with van der Waals surface area (Å²) in [5.74, 6) is 0. The number of benzene rings is 7. The Balaban J connectivity index is 1.14. The van der Waals surface area contributed by atoms with E-state index < -0.39 is 0 Å². The van der Waals surface area contributed by atoms with E-state index in [9.17, 15) is 0 Å². The molecule has 0 radical (unpaired) electrons. The third-order valence-corrected chi connectivity index (χ3v) is 9.75. The number of nitrogens with zero attached hydrogens (tertiary/aromatic N) is 1. The summed E-state index contributed by atoms with van der Waals surface area (Å²) in [6.45, 7) is 2.37. The van der Waals surface area contributed by atoms with Crippen molar-refractivity contribution >= 4 is 39.0 Å². The Labute approximate surface area is 268 Å². The first kappa shape index (κ1) is 26.5. The van der Waals surface area contributed by atoms with E-state index in [1.807, 2.05) is 0 Å². The van der Waals surface area contributed by atoms with Gasteiger partial charge >= 0.3 is 0 Å². The second-order valence-electron chi connectivity index (χ2n) is 12.3. The summed E-state index contributed by atoms with van der Waals surface area (Å²) < 4.78 is 6.61. The molecule has 1 heterocycles. The quantitative estimate of drug-likeness (QED) is 0.199. The highest BCUT2D eigenvalue weighted by atomic mass is 16.3. The van der Waals surface area contributed by atoms with Crippen molar-refractivity contribution in [2.75, 3.05) is 4.90 Å². The Morgan fingerprint density at radius 1 is 0.435 bits per heavy atom. The molecule has 0 N–H and O–H groups in total. The lowest BCUT2D eigenvalue weighted by molar-refractivity contribution is 0.666. The second-order valence-corrected chi connectivity index (χ2v) is 12.3. The van der Waals surface area contributed by atoms with E-state index in [2.05, 4.69) is 182 Å². The maximum Gasteiger partial charge on any atom is 0.136 e. The smallest absolute Gasteiger partial charge is 0.136 e. The number of hydrogen-bond donors (Lipinski definition) is 0. The molecule has 1 aliphatic rings. The Kier molecular flexibility index (Phi) is 5.97. The minimum atomic E-state index is -0.290. The Morgan fingerprint density at radius 2 is 0.957 bits per heavy atom. The van der Waals surface area contributed by atoms with E-state index in [4.69, 9.17) is 4.42 Å². The highest BCUT2D eigenvalue weighted by Crippen LogP contribution is 2.54. The molecule has 7 aromatic carbocycles. The third kappa shape index (κ3) is 3.97. The summed E-state index contributed by atoms with van der Waals surface area (Å²) in [7, 11) is 0. The molecule has 0 fully saturated rings. The monoisotopic (exact) mass is 589 g/mol. The summed E-state index contributed by atoms with van der Waals surface area (Å²) in [6, 6.07) is 60.7.